The summed E-state index contributed by atoms with van der Waals surface area (Å²) >= 11 is 0. The van der Waals surface area contributed by atoms with E-state index >= 15 is 0 Å². The molecule has 0 bridgehead atoms. The fourth-order valence-electron chi connectivity index (χ4n) is 3.87. The van der Waals surface area contributed by atoms with Gasteiger partial charge < -0.3 is 20.3 Å². The third-order valence-electron chi connectivity index (χ3n) is 5.92. The lowest BCUT2D eigenvalue weighted by Gasteiger charge is -2.30. The number of carbonyl (C=O) groups is 2. The van der Waals surface area contributed by atoms with Gasteiger partial charge in [0.2, 0.25) is 5.91 Å². The van der Waals surface area contributed by atoms with Crippen LogP contribution in [-0.2, 0) is 16.1 Å². The van der Waals surface area contributed by atoms with E-state index in [1.165, 1.54) is 25.9 Å². The van der Waals surface area contributed by atoms with Crippen LogP contribution in [-0.4, -0.2) is 49.1 Å². The summed E-state index contributed by atoms with van der Waals surface area (Å²) in [7, 11) is 0. The van der Waals surface area contributed by atoms with Crippen LogP contribution in [0, 0.1) is 11.8 Å². The maximum Gasteiger partial charge on any atom is 0.408 e. The van der Waals surface area contributed by atoms with Crippen molar-refractivity contribution in [2.75, 3.05) is 26.2 Å². The summed E-state index contributed by atoms with van der Waals surface area (Å²) in [5, 5.41) is 5.75. The van der Waals surface area contributed by atoms with E-state index in [-0.39, 0.29) is 18.4 Å². The third-order valence-corrected chi connectivity index (χ3v) is 5.92. The maximum atomic E-state index is 12.7. The molecule has 1 unspecified atom stereocenters. The second kappa shape index (κ2) is 13.3. The fraction of sp³-hybridized carbons (Fsp3) is 0.667. The van der Waals surface area contributed by atoms with Gasteiger partial charge in [-0.25, -0.2) is 4.79 Å². The summed E-state index contributed by atoms with van der Waals surface area (Å²) in [4.78, 5) is 27.4. The van der Waals surface area contributed by atoms with Gasteiger partial charge in [-0.2, -0.15) is 0 Å². The summed E-state index contributed by atoms with van der Waals surface area (Å²) in [5.41, 5.74) is 0.917. The zero-order chi connectivity index (χ0) is 21.8. The molecule has 168 valence electrons. The lowest BCUT2D eigenvalue weighted by atomic mass is 9.98. The van der Waals surface area contributed by atoms with Crippen LogP contribution in [0.4, 0.5) is 4.79 Å². The van der Waals surface area contributed by atoms with Crippen molar-refractivity contribution in [3.63, 3.8) is 0 Å². The molecular weight excluding hydrogens is 378 g/mol. The molecule has 1 aliphatic heterocycles. The molecule has 0 aliphatic carbocycles. The summed E-state index contributed by atoms with van der Waals surface area (Å²) in [6.45, 7) is 10.6. The number of nitrogens with one attached hydrogen (secondary N) is 2. The van der Waals surface area contributed by atoms with Crippen LogP contribution >= 0.6 is 0 Å². The molecular formula is C24H39N3O3. The van der Waals surface area contributed by atoms with Crippen molar-refractivity contribution in [2.24, 2.45) is 11.8 Å². The minimum Gasteiger partial charge on any atom is -0.445 e. The SMILES string of the molecule is CC[C@H](C)[C@H](NC(=O)OCc1ccccc1)C(=O)NCCCCN1CCCC(C)C1. The highest BCUT2D eigenvalue weighted by Crippen LogP contribution is 2.15. The molecule has 0 radical (unpaired) electrons. The van der Waals surface area contributed by atoms with E-state index in [1.807, 2.05) is 44.2 Å². The average Bonchev–Trinajstić information content (AvgIpc) is 2.76. The first kappa shape index (κ1) is 24.2. The van der Waals surface area contributed by atoms with Gasteiger partial charge >= 0.3 is 6.09 Å². The van der Waals surface area contributed by atoms with E-state index in [2.05, 4.69) is 22.5 Å². The lowest BCUT2D eigenvalue weighted by molar-refractivity contribution is -0.124. The number of rotatable bonds is 11. The number of nitrogens with zero attached hydrogens (tertiary/aromatic N) is 1. The summed E-state index contributed by atoms with van der Waals surface area (Å²) in [5.74, 6) is 0.694. The molecule has 2 N–H and O–H groups in total. The van der Waals surface area contributed by atoms with Crippen molar-refractivity contribution in [3.8, 4) is 0 Å². The molecule has 2 rings (SSSR count). The summed E-state index contributed by atoms with van der Waals surface area (Å²) in [6, 6.07) is 8.93. The highest BCUT2D eigenvalue weighted by molar-refractivity contribution is 5.85. The van der Waals surface area contributed by atoms with Crippen LogP contribution in [0.1, 0.15) is 58.4 Å². The molecule has 0 saturated carbocycles. The zero-order valence-corrected chi connectivity index (χ0v) is 18.9. The van der Waals surface area contributed by atoms with Crippen molar-refractivity contribution in [3.05, 3.63) is 35.9 Å². The van der Waals surface area contributed by atoms with Crippen LogP contribution in [0.5, 0.6) is 0 Å². The number of unbranched alkanes of at least 4 members (excludes halogenated alkanes) is 1. The molecule has 1 heterocycles. The quantitative estimate of drug-likeness (QED) is 0.535. The molecule has 1 saturated heterocycles. The Morgan fingerprint density at radius 2 is 2.00 bits per heavy atom. The number of benzene rings is 1. The summed E-state index contributed by atoms with van der Waals surface area (Å²) < 4.78 is 5.29. The molecule has 0 aromatic heterocycles. The number of alkyl carbamates (subject to hydrolysis) is 1. The highest BCUT2D eigenvalue weighted by atomic mass is 16.5. The normalized spacial score (nSPS) is 19.0. The number of ether oxygens (including phenoxy) is 1. The van der Waals surface area contributed by atoms with Crippen molar-refractivity contribution in [2.45, 2.75) is 65.5 Å². The Hall–Kier alpha value is -2.08. The minimum absolute atomic E-state index is 0.0316. The third kappa shape index (κ3) is 8.74. The van der Waals surface area contributed by atoms with Gasteiger partial charge in [-0.05, 0) is 56.2 Å². The molecule has 6 nitrogen and oxygen atoms in total. The maximum absolute atomic E-state index is 12.7. The summed E-state index contributed by atoms with van der Waals surface area (Å²) in [6.07, 6.45) is 4.89. The second-order valence-electron chi connectivity index (χ2n) is 8.62. The van der Waals surface area contributed by atoms with Crippen molar-refractivity contribution in [1.82, 2.24) is 15.5 Å². The highest BCUT2D eigenvalue weighted by Gasteiger charge is 2.26. The second-order valence-corrected chi connectivity index (χ2v) is 8.62. The van der Waals surface area contributed by atoms with Gasteiger partial charge in [0.1, 0.15) is 12.6 Å². The molecule has 1 aliphatic rings. The van der Waals surface area contributed by atoms with Crippen molar-refractivity contribution >= 4 is 12.0 Å². The smallest absolute Gasteiger partial charge is 0.408 e. The fourth-order valence-corrected chi connectivity index (χ4v) is 3.87. The number of hydrogen-bond acceptors (Lipinski definition) is 4. The first-order valence-electron chi connectivity index (χ1n) is 11.5. The Labute approximate surface area is 181 Å². The van der Waals surface area contributed by atoms with E-state index < -0.39 is 12.1 Å². The molecule has 1 fully saturated rings. The molecule has 2 amide bonds. The predicted molar refractivity (Wildman–Crippen MR) is 120 cm³/mol. The standard InChI is InChI=1S/C24H39N3O3/c1-4-20(3)22(26-24(29)30-18-21-12-6-5-7-13-21)23(28)25-14-8-9-15-27-16-10-11-19(2)17-27/h5-7,12-13,19-20,22H,4,8-11,14-18H2,1-3H3,(H,25,28)(H,26,29)/t19?,20-,22-/m0/s1. The molecule has 1 aromatic carbocycles. The van der Waals surface area contributed by atoms with E-state index in [1.54, 1.807) is 0 Å². The van der Waals surface area contributed by atoms with E-state index in [0.29, 0.717) is 6.54 Å². The number of piperidine rings is 1. The van der Waals surface area contributed by atoms with Gasteiger partial charge in [0.05, 0.1) is 0 Å². The lowest BCUT2D eigenvalue weighted by Crippen LogP contribution is -2.50. The average molecular weight is 418 g/mol. The van der Waals surface area contributed by atoms with Gasteiger partial charge in [-0.15, -0.1) is 0 Å². The first-order valence-corrected chi connectivity index (χ1v) is 11.5. The Balaban J connectivity index is 1.69. The molecule has 0 spiro atoms. The Morgan fingerprint density at radius 3 is 2.70 bits per heavy atom. The van der Waals surface area contributed by atoms with Crippen molar-refractivity contribution in [1.29, 1.82) is 0 Å². The van der Waals surface area contributed by atoms with E-state index in [0.717, 1.165) is 37.3 Å². The largest absolute Gasteiger partial charge is 0.445 e. The van der Waals surface area contributed by atoms with Crippen LogP contribution in [0.15, 0.2) is 30.3 Å². The van der Waals surface area contributed by atoms with Gasteiger partial charge in [-0.1, -0.05) is 57.5 Å². The topological polar surface area (TPSA) is 70.7 Å². The van der Waals surface area contributed by atoms with Gasteiger partial charge in [-0.3, -0.25) is 4.79 Å². The van der Waals surface area contributed by atoms with Gasteiger partial charge in [0.15, 0.2) is 0 Å². The number of carbonyl (C=O) groups excluding carboxylic acids is 2. The first-order chi connectivity index (χ1) is 14.5. The predicted octanol–water partition coefficient (Wildman–Crippen LogP) is 3.96. The minimum atomic E-state index is -0.582. The van der Waals surface area contributed by atoms with Crippen LogP contribution < -0.4 is 10.6 Å². The van der Waals surface area contributed by atoms with Crippen LogP contribution in [0.2, 0.25) is 0 Å². The molecule has 1 aromatic rings. The Morgan fingerprint density at radius 1 is 1.23 bits per heavy atom. The Bertz CT molecular complexity index is 638. The van der Waals surface area contributed by atoms with E-state index in [4.69, 9.17) is 4.74 Å². The zero-order valence-electron chi connectivity index (χ0n) is 18.9. The molecule has 30 heavy (non-hydrogen) atoms. The monoisotopic (exact) mass is 417 g/mol. The van der Waals surface area contributed by atoms with Gasteiger partial charge in [0.25, 0.3) is 0 Å². The van der Waals surface area contributed by atoms with Crippen LogP contribution in [0.3, 0.4) is 0 Å². The van der Waals surface area contributed by atoms with E-state index in [9.17, 15) is 9.59 Å². The van der Waals surface area contributed by atoms with Crippen LogP contribution in [0.25, 0.3) is 0 Å². The molecule has 3 atom stereocenters. The number of likely N-dealkylation sites (tertiary alicyclic amines) is 1. The Kier molecular flexibility index (Phi) is 10.7. The number of hydrogen-bond donors (Lipinski definition) is 2. The van der Waals surface area contributed by atoms with Gasteiger partial charge in [0, 0.05) is 13.1 Å². The number of amides is 2. The van der Waals surface area contributed by atoms with Crippen molar-refractivity contribution < 1.29 is 14.3 Å². The molecule has 6 heteroatoms.